The van der Waals surface area contributed by atoms with Crippen LogP contribution in [0.25, 0.3) is 97.4 Å². The van der Waals surface area contributed by atoms with Gasteiger partial charge in [-0.3, -0.25) is 0 Å². The standard InChI is InChI=1S/C48H30N2S/c1-2-11-31(12-3-1)32-21-23-33(24-22-32)34-25-27-40-47(29-34)51-46-20-10-19-44(48(40)46)50-43-18-9-6-15-38(43)39-28-26-35(30-45(39)50)49-41-16-7-4-13-36(41)37-14-5-8-17-42(37)49/h1-30H. The van der Waals surface area contributed by atoms with Crippen LogP contribution in [-0.4, -0.2) is 9.13 Å². The molecule has 0 radical (unpaired) electrons. The largest absolute Gasteiger partial charge is 0.309 e. The zero-order chi connectivity index (χ0) is 33.5. The van der Waals surface area contributed by atoms with Crippen molar-refractivity contribution >= 4 is 75.1 Å². The van der Waals surface area contributed by atoms with Crippen LogP contribution < -0.4 is 0 Å². The van der Waals surface area contributed by atoms with Crippen LogP contribution in [0.3, 0.4) is 0 Å². The molecule has 0 unspecified atom stereocenters. The molecule has 0 N–H and O–H groups in total. The highest BCUT2D eigenvalue weighted by atomic mass is 32.1. The second kappa shape index (κ2) is 11.0. The average molecular weight is 667 g/mol. The minimum absolute atomic E-state index is 1.16. The molecule has 0 saturated heterocycles. The van der Waals surface area contributed by atoms with Gasteiger partial charge in [-0.25, -0.2) is 0 Å². The molecule has 11 rings (SSSR count). The first kappa shape index (κ1) is 28.4. The van der Waals surface area contributed by atoms with Gasteiger partial charge in [-0.15, -0.1) is 11.3 Å². The number of fused-ring (bicyclic) bond motifs is 9. The molecule has 3 aromatic heterocycles. The normalized spacial score (nSPS) is 11.9. The lowest BCUT2D eigenvalue weighted by molar-refractivity contribution is 1.16. The minimum Gasteiger partial charge on any atom is -0.309 e. The van der Waals surface area contributed by atoms with E-state index in [0.29, 0.717) is 0 Å². The van der Waals surface area contributed by atoms with Gasteiger partial charge in [0.2, 0.25) is 0 Å². The molecule has 0 aliphatic carbocycles. The number of nitrogens with zero attached hydrogens (tertiary/aromatic N) is 2. The van der Waals surface area contributed by atoms with Gasteiger partial charge in [-0.2, -0.15) is 0 Å². The highest BCUT2D eigenvalue weighted by Gasteiger charge is 2.19. The zero-order valence-corrected chi connectivity index (χ0v) is 28.4. The summed E-state index contributed by atoms with van der Waals surface area (Å²) in [7, 11) is 0. The van der Waals surface area contributed by atoms with Crippen molar-refractivity contribution in [1.82, 2.24) is 9.13 Å². The fourth-order valence-corrected chi connectivity index (χ4v) is 9.38. The third-order valence-corrected chi connectivity index (χ3v) is 11.7. The maximum absolute atomic E-state index is 2.49. The van der Waals surface area contributed by atoms with Crippen LogP contribution in [-0.2, 0) is 0 Å². The van der Waals surface area contributed by atoms with Gasteiger partial charge in [-0.1, -0.05) is 133 Å². The van der Waals surface area contributed by atoms with Gasteiger partial charge in [0, 0.05) is 47.4 Å². The molecule has 0 fully saturated rings. The van der Waals surface area contributed by atoms with E-state index in [-0.39, 0.29) is 0 Å². The first-order chi connectivity index (χ1) is 25.3. The Morgan fingerprint density at radius 2 is 0.843 bits per heavy atom. The molecule has 8 aromatic carbocycles. The lowest BCUT2D eigenvalue weighted by Gasteiger charge is -2.12. The van der Waals surface area contributed by atoms with Crippen molar-refractivity contribution in [3.8, 4) is 33.6 Å². The number of para-hydroxylation sites is 3. The molecule has 11 aromatic rings. The summed E-state index contributed by atoms with van der Waals surface area (Å²) >= 11 is 1.88. The molecule has 2 nitrogen and oxygen atoms in total. The monoisotopic (exact) mass is 666 g/mol. The molecule has 0 saturated carbocycles. The van der Waals surface area contributed by atoms with Crippen molar-refractivity contribution in [1.29, 1.82) is 0 Å². The van der Waals surface area contributed by atoms with Crippen molar-refractivity contribution in [3.05, 3.63) is 182 Å². The number of thiophene rings is 1. The van der Waals surface area contributed by atoms with Crippen LogP contribution >= 0.6 is 11.3 Å². The molecule has 0 bridgehead atoms. The van der Waals surface area contributed by atoms with Crippen molar-refractivity contribution < 1.29 is 0 Å². The third-order valence-electron chi connectivity index (χ3n) is 10.5. The van der Waals surface area contributed by atoms with Crippen LogP contribution in [0.4, 0.5) is 0 Å². The Labute approximate surface area is 298 Å². The van der Waals surface area contributed by atoms with Crippen LogP contribution in [0.15, 0.2) is 182 Å². The topological polar surface area (TPSA) is 9.86 Å². The van der Waals surface area contributed by atoms with E-state index >= 15 is 0 Å². The molecule has 0 aliphatic heterocycles. The van der Waals surface area contributed by atoms with Crippen molar-refractivity contribution in [2.45, 2.75) is 0 Å². The quantitative estimate of drug-likeness (QED) is 0.177. The van der Waals surface area contributed by atoms with Gasteiger partial charge in [0.1, 0.15) is 0 Å². The first-order valence-electron chi connectivity index (χ1n) is 17.4. The molecular formula is C48H30N2S. The summed E-state index contributed by atoms with van der Waals surface area (Å²) in [6, 6.07) is 66.6. The summed E-state index contributed by atoms with van der Waals surface area (Å²) in [5.74, 6) is 0. The summed E-state index contributed by atoms with van der Waals surface area (Å²) < 4.78 is 7.50. The summed E-state index contributed by atoms with van der Waals surface area (Å²) in [4.78, 5) is 0. The van der Waals surface area contributed by atoms with Crippen LogP contribution in [0.1, 0.15) is 0 Å². The summed E-state index contributed by atoms with van der Waals surface area (Å²) in [5.41, 5.74) is 12.2. The average Bonchev–Trinajstić information content (AvgIpc) is 3.85. The highest BCUT2D eigenvalue weighted by Crippen LogP contribution is 2.43. The van der Waals surface area contributed by atoms with E-state index in [2.05, 4.69) is 191 Å². The maximum Gasteiger partial charge on any atom is 0.0562 e. The lowest BCUT2D eigenvalue weighted by atomic mass is 9.99. The smallest absolute Gasteiger partial charge is 0.0562 e. The van der Waals surface area contributed by atoms with E-state index in [4.69, 9.17) is 0 Å². The first-order valence-corrected chi connectivity index (χ1v) is 18.3. The van der Waals surface area contributed by atoms with E-state index in [1.807, 2.05) is 11.3 Å². The molecule has 3 heterocycles. The summed E-state index contributed by atoms with van der Waals surface area (Å²) in [6.07, 6.45) is 0. The Morgan fingerprint density at radius 1 is 0.314 bits per heavy atom. The molecule has 0 atom stereocenters. The van der Waals surface area contributed by atoms with Gasteiger partial charge in [0.15, 0.2) is 0 Å². The Bertz CT molecular complexity index is 3070. The zero-order valence-electron chi connectivity index (χ0n) is 27.6. The van der Waals surface area contributed by atoms with Crippen LogP contribution in [0.5, 0.6) is 0 Å². The number of hydrogen-bond donors (Lipinski definition) is 0. The van der Waals surface area contributed by atoms with E-state index < -0.39 is 0 Å². The van der Waals surface area contributed by atoms with Crippen molar-refractivity contribution in [2.24, 2.45) is 0 Å². The maximum atomic E-state index is 2.49. The Hall–Kier alpha value is -6.42. The second-order valence-electron chi connectivity index (χ2n) is 13.3. The summed E-state index contributed by atoms with van der Waals surface area (Å²) in [6.45, 7) is 0. The third kappa shape index (κ3) is 4.29. The van der Waals surface area contributed by atoms with Crippen LogP contribution in [0, 0.1) is 0 Å². The van der Waals surface area contributed by atoms with Crippen molar-refractivity contribution in [2.75, 3.05) is 0 Å². The highest BCUT2D eigenvalue weighted by molar-refractivity contribution is 7.26. The molecule has 3 heteroatoms. The Balaban J connectivity index is 1.11. The summed E-state index contributed by atoms with van der Waals surface area (Å²) in [5, 5.41) is 7.66. The second-order valence-corrected chi connectivity index (χ2v) is 14.4. The van der Waals surface area contributed by atoms with Gasteiger partial charge in [-0.05, 0) is 70.8 Å². The molecular weight excluding hydrogens is 637 g/mol. The Kier molecular flexibility index (Phi) is 6.16. The SMILES string of the molecule is c1ccc(-c2ccc(-c3ccc4c(c3)sc3cccc(-n5c6ccccc6c6ccc(-n7c8ccccc8c8ccccc87)cc65)c34)cc2)cc1. The fraction of sp³-hybridized carbons (Fsp3) is 0. The minimum atomic E-state index is 1.16. The van der Waals surface area contributed by atoms with Gasteiger partial charge in [0.25, 0.3) is 0 Å². The molecule has 0 aliphatic rings. The van der Waals surface area contributed by atoms with Gasteiger partial charge >= 0.3 is 0 Å². The number of hydrogen-bond acceptors (Lipinski definition) is 1. The molecule has 0 amide bonds. The van der Waals surface area contributed by atoms with Crippen LogP contribution in [0.2, 0.25) is 0 Å². The molecule has 0 spiro atoms. The van der Waals surface area contributed by atoms with Crippen molar-refractivity contribution in [3.63, 3.8) is 0 Å². The van der Waals surface area contributed by atoms with Gasteiger partial charge < -0.3 is 9.13 Å². The molecule has 238 valence electrons. The van der Waals surface area contributed by atoms with E-state index in [0.717, 1.165) is 5.69 Å². The van der Waals surface area contributed by atoms with E-state index in [1.54, 1.807) is 0 Å². The predicted octanol–water partition coefficient (Wildman–Crippen LogP) is 13.6. The van der Waals surface area contributed by atoms with E-state index in [9.17, 15) is 0 Å². The lowest BCUT2D eigenvalue weighted by Crippen LogP contribution is -1.97. The number of rotatable bonds is 4. The van der Waals surface area contributed by atoms with Gasteiger partial charge in [0.05, 0.1) is 27.8 Å². The predicted molar refractivity (Wildman–Crippen MR) is 219 cm³/mol. The number of benzene rings is 8. The molecule has 51 heavy (non-hydrogen) atoms. The Morgan fingerprint density at radius 3 is 1.53 bits per heavy atom. The van der Waals surface area contributed by atoms with E-state index in [1.165, 1.54) is 91.7 Å². The number of aromatic nitrogens is 2. The fourth-order valence-electron chi connectivity index (χ4n) is 8.22.